The van der Waals surface area contributed by atoms with E-state index >= 15 is 0 Å². The highest BCUT2D eigenvalue weighted by Crippen LogP contribution is 2.42. The first-order chi connectivity index (χ1) is 24.0. The second-order valence-corrected chi connectivity index (χ2v) is 12.6. The second-order valence-electron chi connectivity index (χ2n) is 10.5. The molecule has 0 heterocycles. The van der Waals surface area contributed by atoms with Gasteiger partial charge in [-0.05, 0) is 90.0 Å². The molecule has 11 nitrogen and oxygen atoms in total. The molecule has 264 valence electrons. The standard InChI is InChI=1S/C33H25ClN2O7S.C2HF3O2/c1-19-4-10-25(15-29(19)34)44(39,40)36-23-8-11-30(43-24-9-7-21-12-20(18-35)5-6-22(21)13-24)27(14-23)26-16-31(41-2)32(42-3)17-28(26)33(37)38;3-2(4,5)1(6)7/h4-17,36H,1-3H3,(H,37,38);(H,6,7). The molecule has 0 spiro atoms. The van der Waals surface area contributed by atoms with Crippen LogP contribution >= 0.6 is 11.6 Å². The molecule has 0 saturated carbocycles. The SMILES string of the molecule is COc1cc(C(=O)O)c(-c2cc(NS(=O)(=O)c3ccc(C)c(Cl)c3)ccc2Oc2ccc3cc(C#N)ccc3c2)cc1OC.O=C(O)C(F)(F)F. The maximum absolute atomic E-state index is 13.3. The Hall–Kier alpha value is -5.98. The Bertz CT molecular complexity index is 2310. The number of carboxylic acid groups (broad SMARTS) is 2. The number of nitriles is 1. The minimum Gasteiger partial charge on any atom is -0.493 e. The number of carboxylic acids is 2. The number of anilines is 1. The molecule has 0 saturated heterocycles. The van der Waals surface area contributed by atoms with Crippen LogP contribution in [0, 0.1) is 18.3 Å². The number of fused-ring (bicyclic) bond motifs is 1. The van der Waals surface area contributed by atoms with Crippen LogP contribution in [0.1, 0.15) is 21.5 Å². The molecule has 5 aromatic carbocycles. The summed E-state index contributed by atoms with van der Waals surface area (Å²) in [6.45, 7) is 1.76. The van der Waals surface area contributed by atoms with Crippen molar-refractivity contribution in [1.29, 1.82) is 5.26 Å². The number of rotatable bonds is 9. The highest BCUT2D eigenvalue weighted by atomic mass is 35.5. The van der Waals surface area contributed by atoms with Gasteiger partial charge in [-0.2, -0.15) is 18.4 Å². The van der Waals surface area contributed by atoms with Crippen LogP contribution in [-0.2, 0) is 14.8 Å². The molecule has 0 unspecified atom stereocenters. The number of aryl methyl sites for hydroxylation is 1. The number of carbonyl (C=O) groups is 2. The van der Waals surface area contributed by atoms with Gasteiger partial charge >= 0.3 is 18.1 Å². The van der Waals surface area contributed by atoms with E-state index in [4.69, 9.17) is 35.7 Å². The molecule has 51 heavy (non-hydrogen) atoms. The molecule has 0 atom stereocenters. The summed E-state index contributed by atoms with van der Waals surface area (Å²) in [5.41, 5.74) is 1.74. The van der Waals surface area contributed by atoms with E-state index in [1.807, 2.05) is 0 Å². The summed E-state index contributed by atoms with van der Waals surface area (Å²) in [6.07, 6.45) is -5.08. The van der Waals surface area contributed by atoms with Gasteiger partial charge in [0.05, 0.1) is 36.3 Å². The number of nitrogens with one attached hydrogen (secondary N) is 1. The van der Waals surface area contributed by atoms with Gasteiger partial charge in [-0.1, -0.05) is 29.8 Å². The first kappa shape index (κ1) is 37.8. The maximum Gasteiger partial charge on any atom is 0.490 e. The smallest absolute Gasteiger partial charge is 0.490 e. The lowest BCUT2D eigenvalue weighted by Gasteiger charge is -2.18. The highest BCUT2D eigenvalue weighted by Gasteiger charge is 2.38. The minimum atomic E-state index is -5.08. The van der Waals surface area contributed by atoms with Crippen LogP contribution in [0.3, 0.4) is 0 Å². The Morgan fingerprint density at radius 2 is 1.45 bits per heavy atom. The van der Waals surface area contributed by atoms with E-state index in [2.05, 4.69) is 10.8 Å². The van der Waals surface area contributed by atoms with Crippen LogP contribution < -0.4 is 18.9 Å². The summed E-state index contributed by atoms with van der Waals surface area (Å²) in [7, 11) is -1.25. The summed E-state index contributed by atoms with van der Waals surface area (Å²) in [6, 6.07) is 24.4. The van der Waals surface area contributed by atoms with Crippen molar-refractivity contribution in [3.8, 4) is 40.2 Å². The molecule has 5 aromatic rings. The van der Waals surface area contributed by atoms with Crippen molar-refractivity contribution in [2.24, 2.45) is 0 Å². The van der Waals surface area contributed by atoms with Gasteiger partial charge in [0.2, 0.25) is 0 Å². The summed E-state index contributed by atoms with van der Waals surface area (Å²) in [5, 5.41) is 28.4. The van der Waals surface area contributed by atoms with Crippen LogP contribution in [0.5, 0.6) is 23.0 Å². The van der Waals surface area contributed by atoms with Crippen LogP contribution in [0.25, 0.3) is 21.9 Å². The number of alkyl halides is 3. The number of sulfonamides is 1. The molecule has 0 radical (unpaired) electrons. The fourth-order valence-corrected chi connectivity index (χ4v) is 5.93. The lowest BCUT2D eigenvalue weighted by molar-refractivity contribution is -0.192. The molecule has 0 aliphatic rings. The van der Waals surface area contributed by atoms with Gasteiger partial charge in [0, 0.05) is 21.8 Å². The molecule has 0 bridgehead atoms. The zero-order chi connectivity index (χ0) is 37.7. The summed E-state index contributed by atoms with van der Waals surface area (Å²) in [4.78, 5) is 21.3. The quantitative estimate of drug-likeness (QED) is 0.133. The number of ether oxygens (including phenoxy) is 3. The van der Waals surface area contributed by atoms with Crippen LogP contribution in [0.15, 0.2) is 89.8 Å². The van der Waals surface area contributed by atoms with Crippen molar-refractivity contribution in [3.63, 3.8) is 0 Å². The summed E-state index contributed by atoms with van der Waals surface area (Å²) in [5.74, 6) is -2.86. The third-order valence-corrected chi connectivity index (χ3v) is 8.93. The number of hydrogen-bond acceptors (Lipinski definition) is 8. The number of benzene rings is 5. The zero-order valence-corrected chi connectivity index (χ0v) is 28.3. The van der Waals surface area contributed by atoms with Crippen molar-refractivity contribution < 1.29 is 55.6 Å². The zero-order valence-electron chi connectivity index (χ0n) is 26.7. The van der Waals surface area contributed by atoms with Gasteiger partial charge < -0.3 is 24.4 Å². The average molecular weight is 743 g/mol. The lowest BCUT2D eigenvalue weighted by atomic mass is 9.97. The molecular formula is C35H26ClF3N2O9S. The topological polar surface area (TPSA) is 172 Å². The normalized spacial score (nSPS) is 11.1. The predicted molar refractivity (Wildman–Crippen MR) is 181 cm³/mol. The number of nitrogens with zero attached hydrogens (tertiary/aromatic N) is 1. The maximum atomic E-state index is 13.3. The highest BCUT2D eigenvalue weighted by molar-refractivity contribution is 7.92. The second kappa shape index (κ2) is 15.3. The third kappa shape index (κ3) is 8.98. The molecule has 0 aromatic heterocycles. The Morgan fingerprint density at radius 1 is 0.824 bits per heavy atom. The lowest BCUT2D eigenvalue weighted by Crippen LogP contribution is -2.21. The average Bonchev–Trinajstić information content (AvgIpc) is 3.08. The molecule has 0 amide bonds. The number of halogens is 4. The van der Waals surface area contributed by atoms with Crippen molar-refractivity contribution >= 4 is 50.0 Å². The monoisotopic (exact) mass is 742 g/mol. The first-order valence-corrected chi connectivity index (χ1v) is 16.2. The molecule has 5 rings (SSSR count). The molecule has 3 N–H and O–H groups in total. The van der Waals surface area contributed by atoms with Crippen molar-refractivity contribution in [3.05, 3.63) is 107 Å². The van der Waals surface area contributed by atoms with Crippen molar-refractivity contribution in [2.45, 2.75) is 18.0 Å². The van der Waals surface area contributed by atoms with E-state index in [1.165, 1.54) is 50.6 Å². The number of aliphatic carboxylic acids is 1. The van der Waals surface area contributed by atoms with Crippen LogP contribution in [0.2, 0.25) is 5.02 Å². The van der Waals surface area contributed by atoms with Gasteiger partial charge in [0.15, 0.2) is 11.5 Å². The molecule has 0 aliphatic heterocycles. The van der Waals surface area contributed by atoms with Crippen LogP contribution in [-0.4, -0.2) is 51.0 Å². The van der Waals surface area contributed by atoms with Gasteiger partial charge in [-0.15, -0.1) is 0 Å². The Labute approximate surface area is 294 Å². The molecule has 0 aliphatic carbocycles. The fraction of sp³-hybridized carbons (Fsp3) is 0.114. The van der Waals surface area contributed by atoms with E-state index in [1.54, 1.807) is 55.5 Å². The number of hydrogen-bond donors (Lipinski definition) is 3. The van der Waals surface area contributed by atoms with E-state index < -0.39 is 28.1 Å². The first-order valence-electron chi connectivity index (χ1n) is 14.3. The number of methoxy groups -OCH3 is 2. The minimum absolute atomic E-state index is 0.0389. The van der Waals surface area contributed by atoms with Gasteiger partial charge in [0.1, 0.15) is 11.5 Å². The van der Waals surface area contributed by atoms with Gasteiger partial charge in [-0.25, -0.2) is 18.0 Å². The Balaban J connectivity index is 0.000000755. The fourth-order valence-electron chi connectivity index (χ4n) is 4.61. The summed E-state index contributed by atoms with van der Waals surface area (Å²) < 4.78 is 77.8. The molecular weight excluding hydrogens is 717 g/mol. The molecule has 0 fully saturated rings. The van der Waals surface area contributed by atoms with E-state index in [0.717, 1.165) is 16.3 Å². The van der Waals surface area contributed by atoms with Crippen molar-refractivity contribution in [2.75, 3.05) is 18.9 Å². The number of aromatic carboxylic acids is 1. The Kier molecular flexibility index (Phi) is 11.3. The van der Waals surface area contributed by atoms with Crippen molar-refractivity contribution in [1.82, 2.24) is 0 Å². The van der Waals surface area contributed by atoms with E-state index in [9.17, 15) is 36.8 Å². The summed E-state index contributed by atoms with van der Waals surface area (Å²) >= 11 is 6.18. The third-order valence-electron chi connectivity index (χ3n) is 7.14. The Morgan fingerprint density at radius 3 is 2.04 bits per heavy atom. The van der Waals surface area contributed by atoms with Gasteiger partial charge in [-0.3, -0.25) is 4.72 Å². The van der Waals surface area contributed by atoms with Crippen LogP contribution in [0.4, 0.5) is 18.9 Å². The van der Waals surface area contributed by atoms with Gasteiger partial charge in [0.25, 0.3) is 10.0 Å². The largest absolute Gasteiger partial charge is 0.493 e. The molecule has 16 heteroatoms. The van der Waals surface area contributed by atoms with E-state index in [-0.39, 0.29) is 44.5 Å². The predicted octanol–water partition coefficient (Wildman–Crippen LogP) is 8.28. The van der Waals surface area contributed by atoms with E-state index in [0.29, 0.717) is 16.3 Å².